The zero-order valence-electron chi connectivity index (χ0n) is 8.81. The second kappa shape index (κ2) is 5.39. The van der Waals surface area contributed by atoms with Crippen LogP contribution in [0.25, 0.3) is 0 Å². The van der Waals surface area contributed by atoms with Gasteiger partial charge in [-0.3, -0.25) is 0 Å². The standard InChI is InChI=1S/C11H11ClN2OS/c1-15-7-8-5-10(12)14-11(13-8)6-9-3-2-4-16-9/h2-5H,6-7H2,1H3. The van der Waals surface area contributed by atoms with Crippen molar-refractivity contribution in [2.45, 2.75) is 13.0 Å². The highest BCUT2D eigenvalue weighted by atomic mass is 35.5. The summed E-state index contributed by atoms with van der Waals surface area (Å²) >= 11 is 7.61. The molecule has 0 saturated heterocycles. The fraction of sp³-hybridized carbons (Fsp3) is 0.273. The Labute approximate surface area is 103 Å². The maximum Gasteiger partial charge on any atom is 0.135 e. The van der Waals surface area contributed by atoms with E-state index in [1.807, 2.05) is 11.4 Å². The van der Waals surface area contributed by atoms with Gasteiger partial charge in [-0.05, 0) is 17.5 Å². The van der Waals surface area contributed by atoms with Gasteiger partial charge in [0.2, 0.25) is 0 Å². The Balaban J connectivity index is 2.20. The maximum atomic E-state index is 5.92. The van der Waals surface area contributed by atoms with Gasteiger partial charge >= 0.3 is 0 Å². The van der Waals surface area contributed by atoms with Crippen molar-refractivity contribution in [3.8, 4) is 0 Å². The molecule has 0 spiro atoms. The SMILES string of the molecule is COCc1cc(Cl)nc(Cc2cccs2)n1. The lowest BCUT2D eigenvalue weighted by molar-refractivity contribution is 0.181. The van der Waals surface area contributed by atoms with E-state index in [4.69, 9.17) is 16.3 Å². The number of nitrogens with zero attached hydrogens (tertiary/aromatic N) is 2. The van der Waals surface area contributed by atoms with Crippen molar-refractivity contribution in [3.05, 3.63) is 45.1 Å². The Hall–Kier alpha value is -0.970. The van der Waals surface area contributed by atoms with E-state index in [2.05, 4.69) is 16.0 Å². The molecule has 0 unspecified atom stereocenters. The highest BCUT2D eigenvalue weighted by Crippen LogP contribution is 2.15. The molecule has 2 aromatic rings. The van der Waals surface area contributed by atoms with Crippen LogP contribution < -0.4 is 0 Å². The lowest BCUT2D eigenvalue weighted by Crippen LogP contribution is -2.01. The number of methoxy groups -OCH3 is 1. The smallest absolute Gasteiger partial charge is 0.135 e. The van der Waals surface area contributed by atoms with E-state index in [9.17, 15) is 0 Å². The number of hydrogen-bond donors (Lipinski definition) is 0. The van der Waals surface area contributed by atoms with E-state index in [1.165, 1.54) is 4.88 Å². The molecule has 0 amide bonds. The number of halogens is 1. The van der Waals surface area contributed by atoms with Gasteiger partial charge in [0.25, 0.3) is 0 Å². The van der Waals surface area contributed by atoms with E-state index in [1.54, 1.807) is 24.5 Å². The van der Waals surface area contributed by atoms with Gasteiger partial charge in [0.1, 0.15) is 11.0 Å². The average molecular weight is 255 g/mol. The first-order chi connectivity index (χ1) is 7.78. The summed E-state index contributed by atoms with van der Waals surface area (Å²) in [7, 11) is 1.63. The molecule has 2 rings (SSSR count). The van der Waals surface area contributed by atoms with Gasteiger partial charge in [0.05, 0.1) is 12.3 Å². The summed E-state index contributed by atoms with van der Waals surface area (Å²) in [5, 5.41) is 2.50. The predicted molar refractivity (Wildman–Crippen MR) is 64.9 cm³/mol. The highest BCUT2D eigenvalue weighted by molar-refractivity contribution is 7.09. The molecule has 16 heavy (non-hydrogen) atoms. The lowest BCUT2D eigenvalue weighted by atomic mass is 10.3. The van der Waals surface area contributed by atoms with Gasteiger partial charge in [-0.1, -0.05) is 17.7 Å². The second-order valence-corrected chi connectivity index (χ2v) is 4.71. The second-order valence-electron chi connectivity index (χ2n) is 3.29. The molecule has 0 radical (unpaired) electrons. The van der Waals surface area contributed by atoms with E-state index in [0.29, 0.717) is 11.8 Å². The summed E-state index contributed by atoms with van der Waals surface area (Å²) in [5.41, 5.74) is 0.814. The predicted octanol–water partition coefficient (Wildman–Crippen LogP) is 2.93. The van der Waals surface area contributed by atoms with Crippen molar-refractivity contribution >= 4 is 22.9 Å². The van der Waals surface area contributed by atoms with E-state index in [0.717, 1.165) is 17.9 Å². The normalized spacial score (nSPS) is 10.6. The molecule has 0 fully saturated rings. The summed E-state index contributed by atoms with van der Waals surface area (Å²) in [6, 6.07) is 5.80. The van der Waals surface area contributed by atoms with Gasteiger partial charge in [-0.25, -0.2) is 9.97 Å². The molecular weight excluding hydrogens is 244 g/mol. The maximum absolute atomic E-state index is 5.92. The van der Waals surface area contributed by atoms with Crippen molar-refractivity contribution in [2.75, 3.05) is 7.11 Å². The molecular formula is C11H11ClN2OS. The molecule has 0 N–H and O–H groups in total. The first kappa shape index (κ1) is 11.5. The minimum atomic E-state index is 0.458. The van der Waals surface area contributed by atoms with Crippen molar-refractivity contribution in [2.24, 2.45) is 0 Å². The van der Waals surface area contributed by atoms with Gasteiger partial charge in [0.15, 0.2) is 0 Å². The van der Waals surface area contributed by atoms with Crippen LogP contribution in [0.15, 0.2) is 23.6 Å². The van der Waals surface area contributed by atoms with Crippen LogP contribution in [0.3, 0.4) is 0 Å². The molecule has 0 aliphatic carbocycles. The molecule has 2 aromatic heterocycles. The zero-order valence-corrected chi connectivity index (χ0v) is 10.4. The van der Waals surface area contributed by atoms with Crippen LogP contribution in [0.1, 0.15) is 16.4 Å². The van der Waals surface area contributed by atoms with Crippen molar-refractivity contribution in [1.82, 2.24) is 9.97 Å². The van der Waals surface area contributed by atoms with Crippen LogP contribution in [0.2, 0.25) is 5.15 Å². The summed E-state index contributed by atoms with van der Waals surface area (Å²) in [5.74, 6) is 0.738. The molecule has 2 heterocycles. The Morgan fingerprint density at radius 3 is 3.00 bits per heavy atom. The van der Waals surface area contributed by atoms with Crippen LogP contribution in [-0.4, -0.2) is 17.1 Å². The molecule has 0 aliphatic rings. The number of rotatable bonds is 4. The number of aromatic nitrogens is 2. The Morgan fingerprint density at radius 1 is 1.44 bits per heavy atom. The lowest BCUT2D eigenvalue weighted by Gasteiger charge is -2.03. The minimum Gasteiger partial charge on any atom is -0.378 e. The van der Waals surface area contributed by atoms with Crippen molar-refractivity contribution in [3.63, 3.8) is 0 Å². The third-order valence-corrected chi connectivity index (χ3v) is 3.07. The van der Waals surface area contributed by atoms with Crippen molar-refractivity contribution < 1.29 is 4.74 Å². The Bertz CT molecular complexity index is 459. The van der Waals surface area contributed by atoms with E-state index in [-0.39, 0.29) is 0 Å². The Morgan fingerprint density at radius 2 is 2.31 bits per heavy atom. The third kappa shape index (κ3) is 3.01. The van der Waals surface area contributed by atoms with Crippen molar-refractivity contribution in [1.29, 1.82) is 0 Å². The average Bonchev–Trinajstić information content (AvgIpc) is 2.70. The van der Waals surface area contributed by atoms with Gasteiger partial charge in [-0.2, -0.15) is 0 Å². The summed E-state index contributed by atoms with van der Waals surface area (Å²) < 4.78 is 5.03. The van der Waals surface area contributed by atoms with Crippen LogP contribution in [0.4, 0.5) is 0 Å². The van der Waals surface area contributed by atoms with Gasteiger partial charge in [-0.15, -0.1) is 11.3 Å². The number of ether oxygens (including phenoxy) is 1. The van der Waals surface area contributed by atoms with Gasteiger partial charge < -0.3 is 4.74 Å². The fourth-order valence-corrected chi connectivity index (χ4v) is 2.31. The highest BCUT2D eigenvalue weighted by Gasteiger charge is 2.05. The molecule has 0 atom stereocenters. The zero-order chi connectivity index (χ0) is 11.4. The molecule has 0 aromatic carbocycles. The summed E-state index contributed by atoms with van der Waals surface area (Å²) in [4.78, 5) is 9.81. The molecule has 0 bridgehead atoms. The van der Waals surface area contributed by atoms with Gasteiger partial charge in [0, 0.05) is 18.4 Å². The molecule has 0 aliphatic heterocycles. The fourth-order valence-electron chi connectivity index (χ4n) is 1.39. The third-order valence-electron chi connectivity index (χ3n) is 2.00. The number of hydrogen-bond acceptors (Lipinski definition) is 4. The van der Waals surface area contributed by atoms with E-state index >= 15 is 0 Å². The summed E-state index contributed by atoms with van der Waals surface area (Å²) in [6.45, 7) is 0.458. The number of thiophene rings is 1. The topological polar surface area (TPSA) is 35.0 Å². The molecule has 3 nitrogen and oxygen atoms in total. The Kier molecular flexibility index (Phi) is 3.88. The van der Waals surface area contributed by atoms with E-state index < -0.39 is 0 Å². The first-order valence-electron chi connectivity index (χ1n) is 4.81. The quantitative estimate of drug-likeness (QED) is 0.787. The summed E-state index contributed by atoms with van der Waals surface area (Å²) in [6.07, 6.45) is 0.717. The van der Waals surface area contributed by atoms with Crippen LogP contribution >= 0.6 is 22.9 Å². The molecule has 5 heteroatoms. The first-order valence-corrected chi connectivity index (χ1v) is 6.07. The monoisotopic (exact) mass is 254 g/mol. The van der Waals surface area contributed by atoms with Crippen LogP contribution in [0, 0.1) is 0 Å². The van der Waals surface area contributed by atoms with Crippen LogP contribution in [0.5, 0.6) is 0 Å². The molecule has 84 valence electrons. The largest absolute Gasteiger partial charge is 0.378 e. The minimum absolute atomic E-state index is 0.458. The molecule has 0 saturated carbocycles. The van der Waals surface area contributed by atoms with Crippen LogP contribution in [-0.2, 0) is 17.8 Å².